The van der Waals surface area contributed by atoms with Gasteiger partial charge in [0.25, 0.3) is 0 Å². The molecule has 0 amide bonds. The van der Waals surface area contributed by atoms with Crippen molar-refractivity contribution in [2.45, 2.75) is 18.9 Å². The zero-order valence-corrected chi connectivity index (χ0v) is 18.0. The summed E-state index contributed by atoms with van der Waals surface area (Å²) in [7, 11) is 3.21. The third-order valence-electron chi connectivity index (χ3n) is 5.70. The third-order valence-corrected chi connectivity index (χ3v) is 5.93. The van der Waals surface area contributed by atoms with Gasteiger partial charge in [0.2, 0.25) is 0 Å². The van der Waals surface area contributed by atoms with Crippen molar-refractivity contribution in [1.29, 1.82) is 0 Å². The number of hydrogen-bond donors (Lipinski definition) is 1. The summed E-state index contributed by atoms with van der Waals surface area (Å²) in [5, 5.41) is 11.5. The summed E-state index contributed by atoms with van der Waals surface area (Å²) in [6, 6.07) is 15.1. The van der Waals surface area contributed by atoms with E-state index in [9.17, 15) is 5.11 Å². The van der Waals surface area contributed by atoms with Gasteiger partial charge in [0.1, 0.15) is 12.1 Å². The Balaban J connectivity index is 1.67. The van der Waals surface area contributed by atoms with Crippen molar-refractivity contribution in [1.82, 2.24) is 14.5 Å². The summed E-state index contributed by atoms with van der Waals surface area (Å²) in [6.07, 6.45) is 3.25. The number of hydrogen-bond acceptors (Lipinski definition) is 5. The minimum absolute atomic E-state index is 0.288. The average Bonchev–Trinajstić information content (AvgIpc) is 3.57. The van der Waals surface area contributed by atoms with Gasteiger partial charge < -0.3 is 14.6 Å². The molecule has 0 spiro atoms. The van der Waals surface area contributed by atoms with E-state index >= 15 is 0 Å². The minimum Gasteiger partial charge on any atom is -0.493 e. The highest BCUT2D eigenvalue weighted by atomic mass is 35.5. The maximum Gasteiger partial charge on any atom is 0.163 e. The molecule has 0 saturated heterocycles. The Bertz CT molecular complexity index is 1270. The molecular formula is C24H22ClN3O3. The van der Waals surface area contributed by atoms with Gasteiger partial charge in [-0.2, -0.15) is 0 Å². The Morgan fingerprint density at radius 1 is 1.06 bits per heavy atom. The lowest BCUT2D eigenvalue weighted by molar-refractivity contribution is 0.154. The van der Waals surface area contributed by atoms with Gasteiger partial charge >= 0.3 is 0 Å². The summed E-state index contributed by atoms with van der Waals surface area (Å²) < 4.78 is 12.7. The number of nitrogens with zero attached hydrogens (tertiary/aromatic N) is 3. The van der Waals surface area contributed by atoms with E-state index < -0.39 is 6.10 Å². The van der Waals surface area contributed by atoms with Crippen molar-refractivity contribution in [3.8, 4) is 28.6 Å². The van der Waals surface area contributed by atoms with Crippen LogP contribution in [0.2, 0.25) is 5.02 Å². The minimum atomic E-state index is -0.542. The molecule has 2 aromatic carbocycles. The van der Waals surface area contributed by atoms with E-state index in [1.807, 2.05) is 53.1 Å². The summed E-state index contributed by atoms with van der Waals surface area (Å²) >= 11 is 6.25. The Morgan fingerprint density at radius 3 is 2.55 bits per heavy atom. The lowest BCUT2D eigenvalue weighted by atomic mass is 9.99. The Morgan fingerprint density at radius 2 is 1.84 bits per heavy atom. The second-order valence-corrected chi connectivity index (χ2v) is 8.15. The van der Waals surface area contributed by atoms with Crippen molar-refractivity contribution in [2.75, 3.05) is 14.2 Å². The molecule has 0 aliphatic heterocycles. The first-order valence-corrected chi connectivity index (χ1v) is 10.5. The van der Waals surface area contributed by atoms with Crippen LogP contribution in [0.15, 0.2) is 54.9 Å². The first-order chi connectivity index (χ1) is 15.1. The molecule has 1 fully saturated rings. The van der Waals surface area contributed by atoms with E-state index in [4.69, 9.17) is 26.1 Å². The standard InChI is InChI=1S/C24H22ClN3O3/c1-30-20-11-18-19(12-21(20)31-2)28(13-26-18)22-9-8-17(24(29)14-6-7-14)23(27-22)15-4-3-5-16(25)10-15/h3-5,8-14,24,29H,6-7H2,1-2H3. The second kappa shape index (κ2) is 7.87. The number of methoxy groups -OCH3 is 2. The van der Waals surface area contributed by atoms with E-state index in [0.717, 1.165) is 40.7 Å². The molecule has 1 aliphatic carbocycles. The summed E-state index contributed by atoms with van der Waals surface area (Å²) in [4.78, 5) is 9.45. The summed E-state index contributed by atoms with van der Waals surface area (Å²) in [6.45, 7) is 0. The van der Waals surface area contributed by atoms with Crippen LogP contribution in [0, 0.1) is 5.92 Å². The number of ether oxygens (including phenoxy) is 2. The molecule has 31 heavy (non-hydrogen) atoms. The normalized spacial score (nSPS) is 14.6. The number of aromatic nitrogens is 3. The van der Waals surface area contributed by atoms with Gasteiger partial charge in [0, 0.05) is 28.3 Å². The van der Waals surface area contributed by atoms with Crippen LogP contribution in [-0.4, -0.2) is 33.9 Å². The third kappa shape index (κ3) is 3.62. The lowest BCUT2D eigenvalue weighted by Crippen LogP contribution is -2.06. The number of aliphatic hydroxyl groups excluding tert-OH is 1. The molecule has 1 saturated carbocycles. The Labute approximate surface area is 185 Å². The molecular weight excluding hydrogens is 414 g/mol. The quantitative estimate of drug-likeness (QED) is 0.450. The van der Waals surface area contributed by atoms with Crippen molar-refractivity contribution in [2.24, 2.45) is 5.92 Å². The molecule has 5 rings (SSSR count). The van der Waals surface area contributed by atoms with Gasteiger partial charge in [-0.25, -0.2) is 9.97 Å². The maximum absolute atomic E-state index is 10.9. The molecule has 6 nitrogen and oxygen atoms in total. The molecule has 7 heteroatoms. The van der Waals surface area contributed by atoms with Gasteiger partial charge in [-0.3, -0.25) is 4.57 Å². The van der Waals surface area contributed by atoms with E-state index in [-0.39, 0.29) is 5.92 Å². The number of benzene rings is 2. The molecule has 4 aromatic rings. The van der Waals surface area contributed by atoms with Gasteiger partial charge in [-0.05, 0) is 37.0 Å². The second-order valence-electron chi connectivity index (χ2n) is 7.71. The highest BCUT2D eigenvalue weighted by Crippen LogP contribution is 2.43. The van der Waals surface area contributed by atoms with Crippen molar-refractivity contribution >= 4 is 22.6 Å². The predicted molar refractivity (Wildman–Crippen MR) is 120 cm³/mol. The fraction of sp³-hybridized carbons (Fsp3) is 0.250. The van der Waals surface area contributed by atoms with Gasteiger partial charge in [-0.15, -0.1) is 0 Å². The van der Waals surface area contributed by atoms with Crippen LogP contribution in [0.1, 0.15) is 24.5 Å². The van der Waals surface area contributed by atoms with Crippen LogP contribution in [0.4, 0.5) is 0 Å². The summed E-state index contributed by atoms with van der Waals surface area (Å²) in [5.41, 5.74) is 4.02. The van der Waals surface area contributed by atoms with Crippen molar-refractivity contribution in [3.05, 3.63) is 65.4 Å². The number of pyridine rings is 1. The summed E-state index contributed by atoms with van der Waals surface area (Å²) in [5.74, 6) is 2.22. The number of fused-ring (bicyclic) bond motifs is 1. The van der Waals surface area contributed by atoms with Gasteiger partial charge in [0.15, 0.2) is 11.5 Å². The number of halogens is 1. The SMILES string of the molecule is COc1cc2ncn(-c3ccc(C(O)C4CC4)c(-c4cccc(Cl)c4)n3)c2cc1OC. The van der Waals surface area contributed by atoms with E-state index in [0.29, 0.717) is 22.3 Å². The predicted octanol–water partition coefficient (Wildman–Crippen LogP) is 5.20. The average molecular weight is 436 g/mol. The molecule has 1 atom stereocenters. The van der Waals surface area contributed by atoms with E-state index in [2.05, 4.69) is 4.98 Å². The topological polar surface area (TPSA) is 69.4 Å². The van der Waals surface area contributed by atoms with Crippen LogP contribution in [0.25, 0.3) is 28.1 Å². The molecule has 1 unspecified atom stereocenters. The van der Waals surface area contributed by atoms with Gasteiger partial charge in [0.05, 0.1) is 37.1 Å². The molecule has 0 bridgehead atoms. The zero-order chi connectivity index (χ0) is 21.5. The zero-order valence-electron chi connectivity index (χ0n) is 17.2. The van der Waals surface area contributed by atoms with Crippen LogP contribution in [0.5, 0.6) is 11.5 Å². The Kier molecular flexibility index (Phi) is 5.04. The highest BCUT2D eigenvalue weighted by Gasteiger charge is 2.33. The maximum atomic E-state index is 10.9. The number of aliphatic hydroxyl groups is 1. The molecule has 1 aliphatic rings. The monoisotopic (exact) mass is 435 g/mol. The van der Waals surface area contributed by atoms with Crippen molar-refractivity contribution < 1.29 is 14.6 Å². The highest BCUT2D eigenvalue weighted by molar-refractivity contribution is 6.30. The Hall–Kier alpha value is -3.09. The molecule has 2 heterocycles. The van der Waals surface area contributed by atoms with Crippen LogP contribution >= 0.6 is 11.6 Å². The molecule has 0 radical (unpaired) electrons. The van der Waals surface area contributed by atoms with E-state index in [1.165, 1.54) is 0 Å². The fourth-order valence-corrected chi connectivity index (χ4v) is 4.07. The fourth-order valence-electron chi connectivity index (χ4n) is 3.88. The lowest BCUT2D eigenvalue weighted by Gasteiger charge is -2.17. The van der Waals surface area contributed by atoms with Crippen LogP contribution < -0.4 is 9.47 Å². The first kappa shape index (κ1) is 19.8. The van der Waals surface area contributed by atoms with Crippen LogP contribution in [0.3, 0.4) is 0 Å². The molecule has 1 N–H and O–H groups in total. The van der Waals surface area contributed by atoms with E-state index in [1.54, 1.807) is 20.5 Å². The largest absolute Gasteiger partial charge is 0.493 e. The van der Waals surface area contributed by atoms with Crippen molar-refractivity contribution in [3.63, 3.8) is 0 Å². The first-order valence-electron chi connectivity index (χ1n) is 10.1. The van der Waals surface area contributed by atoms with Gasteiger partial charge in [-0.1, -0.05) is 29.8 Å². The van der Waals surface area contributed by atoms with Crippen LogP contribution in [-0.2, 0) is 0 Å². The molecule has 158 valence electrons. The number of rotatable bonds is 6. The smallest absolute Gasteiger partial charge is 0.163 e. The number of imidazole rings is 1. The molecule has 2 aromatic heterocycles.